The van der Waals surface area contributed by atoms with Gasteiger partial charge in [-0.1, -0.05) is 30.3 Å². The zero-order chi connectivity index (χ0) is 12.1. The van der Waals surface area contributed by atoms with E-state index in [4.69, 9.17) is 4.74 Å². The summed E-state index contributed by atoms with van der Waals surface area (Å²) in [4.78, 5) is 22.2. The third kappa shape index (κ3) is 3.21. The van der Waals surface area contributed by atoms with Gasteiger partial charge >= 0.3 is 12.1 Å². The van der Waals surface area contributed by atoms with Crippen molar-refractivity contribution < 1.29 is 23.8 Å². The van der Waals surface area contributed by atoms with Crippen molar-refractivity contribution in [1.82, 2.24) is 0 Å². The van der Waals surface area contributed by atoms with Crippen molar-refractivity contribution in [3.05, 3.63) is 35.9 Å². The Morgan fingerprint density at radius 2 is 1.88 bits per heavy atom. The first-order valence-corrected chi connectivity index (χ1v) is 5.26. The lowest BCUT2D eigenvalue weighted by Gasteiger charge is -2.20. The number of cyclic esters (lactones) is 2. The van der Waals surface area contributed by atoms with Crippen LogP contribution < -0.4 is 0 Å². The van der Waals surface area contributed by atoms with Crippen LogP contribution >= 0.6 is 0 Å². The number of hydrogen-bond acceptors (Lipinski definition) is 5. The standard InChI is InChI=1S/C12H12O5/c13-11(10-7-16-12(14)17-8-10)15-6-9-4-2-1-3-5-9/h1-5,10H,6-8H2. The molecule has 1 aliphatic rings. The van der Waals surface area contributed by atoms with Crippen molar-refractivity contribution in [3.63, 3.8) is 0 Å². The molecule has 2 rings (SSSR count). The van der Waals surface area contributed by atoms with Crippen LogP contribution in [-0.2, 0) is 25.6 Å². The van der Waals surface area contributed by atoms with E-state index in [0.29, 0.717) is 0 Å². The third-order valence-electron chi connectivity index (χ3n) is 2.36. The number of ether oxygens (including phenoxy) is 3. The van der Waals surface area contributed by atoms with Crippen molar-refractivity contribution in [1.29, 1.82) is 0 Å². The first-order valence-electron chi connectivity index (χ1n) is 5.26. The van der Waals surface area contributed by atoms with Crippen LogP contribution in [0.15, 0.2) is 30.3 Å². The van der Waals surface area contributed by atoms with Gasteiger partial charge < -0.3 is 14.2 Å². The van der Waals surface area contributed by atoms with Crippen LogP contribution in [0.3, 0.4) is 0 Å². The molecule has 0 aliphatic carbocycles. The minimum Gasteiger partial charge on any atom is -0.460 e. The molecule has 5 heteroatoms. The molecule has 0 atom stereocenters. The predicted molar refractivity (Wildman–Crippen MR) is 57.0 cm³/mol. The van der Waals surface area contributed by atoms with Crippen LogP contribution in [0.25, 0.3) is 0 Å². The second kappa shape index (κ2) is 5.34. The van der Waals surface area contributed by atoms with Crippen molar-refractivity contribution in [2.45, 2.75) is 6.61 Å². The Hall–Kier alpha value is -2.04. The molecule has 5 nitrogen and oxygen atoms in total. The Balaban J connectivity index is 1.80. The van der Waals surface area contributed by atoms with Crippen LogP contribution in [0, 0.1) is 5.92 Å². The van der Waals surface area contributed by atoms with E-state index in [0.717, 1.165) is 5.56 Å². The lowest BCUT2D eigenvalue weighted by molar-refractivity contribution is -0.156. The van der Waals surface area contributed by atoms with Crippen molar-refractivity contribution in [2.24, 2.45) is 5.92 Å². The van der Waals surface area contributed by atoms with Gasteiger partial charge in [-0.05, 0) is 5.56 Å². The van der Waals surface area contributed by atoms with Gasteiger partial charge in [0.15, 0.2) is 0 Å². The summed E-state index contributed by atoms with van der Waals surface area (Å²) < 4.78 is 14.3. The average molecular weight is 236 g/mol. The fourth-order valence-electron chi connectivity index (χ4n) is 1.41. The lowest BCUT2D eigenvalue weighted by Crippen LogP contribution is -2.34. The van der Waals surface area contributed by atoms with E-state index >= 15 is 0 Å². The molecule has 0 radical (unpaired) electrons. The SMILES string of the molecule is O=C1OCC(C(=O)OCc2ccccc2)CO1. The molecule has 1 aromatic carbocycles. The fraction of sp³-hybridized carbons (Fsp3) is 0.333. The normalized spacial score (nSPS) is 15.9. The Labute approximate surface area is 98.3 Å². The Bertz CT molecular complexity index is 391. The lowest BCUT2D eigenvalue weighted by atomic mass is 10.2. The minimum atomic E-state index is -0.739. The molecule has 1 aromatic rings. The second-order valence-corrected chi connectivity index (χ2v) is 3.66. The minimum absolute atomic E-state index is 0.0203. The molecule has 0 unspecified atom stereocenters. The molecule has 1 saturated heterocycles. The van der Waals surface area contributed by atoms with Crippen LogP contribution in [0.1, 0.15) is 5.56 Å². The van der Waals surface area contributed by atoms with Gasteiger partial charge in [0.25, 0.3) is 0 Å². The Morgan fingerprint density at radius 3 is 2.53 bits per heavy atom. The molecule has 1 aliphatic heterocycles. The maximum absolute atomic E-state index is 11.6. The van der Waals surface area contributed by atoms with Crippen molar-refractivity contribution in [3.8, 4) is 0 Å². The highest BCUT2D eigenvalue weighted by Gasteiger charge is 2.28. The van der Waals surface area contributed by atoms with Gasteiger partial charge in [-0.15, -0.1) is 0 Å². The molecule has 90 valence electrons. The molecule has 0 spiro atoms. The summed E-state index contributed by atoms with van der Waals surface area (Å²) in [5, 5.41) is 0. The van der Waals surface area contributed by atoms with Gasteiger partial charge in [0.1, 0.15) is 25.7 Å². The molecule has 1 heterocycles. The van der Waals surface area contributed by atoms with Crippen LogP contribution in [0.4, 0.5) is 4.79 Å². The first kappa shape index (κ1) is 11.4. The fourth-order valence-corrected chi connectivity index (χ4v) is 1.41. The van der Waals surface area contributed by atoms with Gasteiger partial charge in [0.2, 0.25) is 0 Å². The summed E-state index contributed by atoms with van der Waals surface area (Å²) in [6.07, 6.45) is -0.739. The third-order valence-corrected chi connectivity index (χ3v) is 2.36. The number of carbonyl (C=O) groups excluding carboxylic acids is 2. The highest BCUT2D eigenvalue weighted by atomic mass is 16.7. The molecule has 0 N–H and O–H groups in total. The molecular formula is C12H12O5. The number of rotatable bonds is 3. The number of esters is 1. The average Bonchev–Trinajstić information content (AvgIpc) is 2.38. The molecule has 17 heavy (non-hydrogen) atoms. The Kier molecular flexibility index (Phi) is 3.59. The topological polar surface area (TPSA) is 61.8 Å². The van der Waals surface area contributed by atoms with Crippen molar-refractivity contribution >= 4 is 12.1 Å². The molecule has 0 saturated carbocycles. The molecular weight excluding hydrogens is 224 g/mol. The number of carbonyl (C=O) groups is 2. The van der Waals surface area contributed by atoms with E-state index in [9.17, 15) is 9.59 Å². The maximum Gasteiger partial charge on any atom is 0.508 e. The van der Waals surface area contributed by atoms with E-state index < -0.39 is 18.0 Å². The van der Waals surface area contributed by atoms with Crippen LogP contribution in [-0.4, -0.2) is 25.3 Å². The second-order valence-electron chi connectivity index (χ2n) is 3.66. The maximum atomic E-state index is 11.6. The monoisotopic (exact) mass is 236 g/mol. The van der Waals surface area contributed by atoms with Crippen LogP contribution in [0.5, 0.6) is 0 Å². The molecule has 1 fully saturated rings. The van der Waals surface area contributed by atoms with Gasteiger partial charge in [0, 0.05) is 0 Å². The van der Waals surface area contributed by atoms with Gasteiger partial charge in [-0.3, -0.25) is 4.79 Å². The van der Waals surface area contributed by atoms with E-state index in [1.54, 1.807) is 0 Å². The smallest absolute Gasteiger partial charge is 0.460 e. The number of benzene rings is 1. The molecule has 0 bridgehead atoms. The van der Waals surface area contributed by atoms with Crippen LogP contribution in [0.2, 0.25) is 0 Å². The Morgan fingerprint density at radius 1 is 1.24 bits per heavy atom. The van der Waals surface area contributed by atoms with E-state index in [2.05, 4.69) is 9.47 Å². The summed E-state index contributed by atoms with van der Waals surface area (Å²) in [5.74, 6) is -0.947. The largest absolute Gasteiger partial charge is 0.508 e. The highest BCUT2D eigenvalue weighted by Crippen LogP contribution is 2.11. The number of hydrogen-bond donors (Lipinski definition) is 0. The van der Waals surface area contributed by atoms with Gasteiger partial charge in [-0.25, -0.2) is 4.79 Å². The van der Waals surface area contributed by atoms with Gasteiger partial charge in [0.05, 0.1) is 0 Å². The van der Waals surface area contributed by atoms with Crippen molar-refractivity contribution in [2.75, 3.05) is 13.2 Å². The zero-order valence-electron chi connectivity index (χ0n) is 9.13. The van der Waals surface area contributed by atoms with E-state index in [1.807, 2.05) is 30.3 Å². The highest BCUT2D eigenvalue weighted by molar-refractivity contribution is 5.74. The van der Waals surface area contributed by atoms with E-state index in [1.165, 1.54) is 0 Å². The summed E-state index contributed by atoms with van der Waals surface area (Å²) in [5.41, 5.74) is 0.912. The quantitative estimate of drug-likeness (QED) is 0.744. The first-order chi connectivity index (χ1) is 8.25. The molecule has 0 amide bonds. The summed E-state index contributed by atoms with van der Waals surface area (Å²) in [7, 11) is 0. The van der Waals surface area contributed by atoms with Gasteiger partial charge in [-0.2, -0.15) is 0 Å². The predicted octanol–water partition coefficient (Wildman–Crippen LogP) is 1.51. The summed E-state index contributed by atoms with van der Waals surface area (Å²) >= 11 is 0. The van der Waals surface area contributed by atoms with E-state index in [-0.39, 0.29) is 19.8 Å². The summed E-state index contributed by atoms with van der Waals surface area (Å²) in [6.45, 7) is 0.253. The molecule has 0 aromatic heterocycles. The zero-order valence-corrected chi connectivity index (χ0v) is 9.13. The summed E-state index contributed by atoms with van der Waals surface area (Å²) in [6, 6.07) is 9.36.